The molecule has 1 amide bonds. The Bertz CT molecular complexity index is 880. The van der Waals surface area contributed by atoms with E-state index in [0.717, 1.165) is 17.0 Å². The van der Waals surface area contributed by atoms with Crippen molar-refractivity contribution in [2.75, 3.05) is 10.6 Å². The van der Waals surface area contributed by atoms with E-state index in [-0.39, 0.29) is 29.7 Å². The van der Waals surface area contributed by atoms with Crippen molar-refractivity contribution in [3.8, 4) is 0 Å². The molecule has 2 heterocycles. The molecule has 0 saturated heterocycles. The molecular weight excluding hydrogens is 365 g/mol. The number of benzene rings is 1. The number of halogens is 3. The minimum atomic E-state index is -4.42. The first kappa shape index (κ1) is 17.9. The van der Waals surface area contributed by atoms with Gasteiger partial charge in [0, 0.05) is 10.6 Å². The van der Waals surface area contributed by atoms with Crippen LogP contribution in [0, 0.1) is 0 Å². The van der Waals surface area contributed by atoms with Gasteiger partial charge in [0.2, 0.25) is 5.91 Å². The van der Waals surface area contributed by atoms with Crippen LogP contribution in [-0.2, 0) is 17.4 Å². The zero-order valence-electron chi connectivity index (χ0n) is 13.2. The molecule has 3 aromatic rings. The first-order valence-electron chi connectivity index (χ1n) is 7.50. The molecule has 9 heteroatoms. The second-order valence-electron chi connectivity index (χ2n) is 5.31. The molecule has 3 rings (SSSR count). The molecule has 1 aromatic carbocycles. The second-order valence-corrected chi connectivity index (χ2v) is 6.34. The Hall–Kier alpha value is -2.94. The number of aromatic nitrogens is 2. The molecule has 0 saturated carbocycles. The molecule has 2 N–H and O–H groups in total. The van der Waals surface area contributed by atoms with Gasteiger partial charge in [0.1, 0.15) is 0 Å². The Morgan fingerprint density at radius 2 is 1.81 bits per heavy atom. The fourth-order valence-electron chi connectivity index (χ4n) is 2.15. The zero-order chi connectivity index (χ0) is 18.6. The number of alkyl halides is 3. The first-order chi connectivity index (χ1) is 12.4. The number of rotatable bonds is 5. The molecule has 0 unspecified atom stereocenters. The Morgan fingerprint density at radius 3 is 2.46 bits per heavy atom. The molecule has 0 aliphatic heterocycles. The van der Waals surface area contributed by atoms with Crippen molar-refractivity contribution < 1.29 is 18.0 Å². The van der Waals surface area contributed by atoms with Crippen molar-refractivity contribution in [1.82, 2.24) is 10.2 Å². The lowest BCUT2D eigenvalue weighted by atomic mass is 10.2. The number of nitrogens with one attached hydrogen (secondary N) is 2. The third-order valence-corrected chi connectivity index (χ3v) is 4.19. The van der Waals surface area contributed by atoms with Gasteiger partial charge in [-0.15, -0.1) is 21.5 Å². The van der Waals surface area contributed by atoms with E-state index in [0.29, 0.717) is 0 Å². The van der Waals surface area contributed by atoms with Crippen LogP contribution in [0.4, 0.5) is 30.5 Å². The molecule has 26 heavy (non-hydrogen) atoms. The highest BCUT2D eigenvalue weighted by Gasteiger charge is 2.30. The lowest BCUT2D eigenvalue weighted by Gasteiger charge is -2.10. The monoisotopic (exact) mass is 378 g/mol. The number of carbonyl (C=O) groups excluding carboxylic acids is 1. The molecule has 0 aliphatic rings. The summed E-state index contributed by atoms with van der Waals surface area (Å²) in [6.07, 6.45) is -4.18. The normalized spacial score (nSPS) is 11.2. The largest absolute Gasteiger partial charge is 0.416 e. The number of carbonyl (C=O) groups is 1. The van der Waals surface area contributed by atoms with Crippen LogP contribution in [0.1, 0.15) is 10.4 Å². The van der Waals surface area contributed by atoms with E-state index in [4.69, 9.17) is 0 Å². The molecule has 0 spiro atoms. The van der Waals surface area contributed by atoms with Gasteiger partial charge in [0.25, 0.3) is 0 Å². The minimum Gasteiger partial charge on any atom is -0.339 e. The smallest absolute Gasteiger partial charge is 0.339 e. The van der Waals surface area contributed by atoms with Gasteiger partial charge in [-0.2, -0.15) is 13.2 Å². The Balaban J connectivity index is 1.62. The number of thiophene rings is 1. The maximum Gasteiger partial charge on any atom is 0.416 e. The van der Waals surface area contributed by atoms with E-state index >= 15 is 0 Å². The molecule has 0 fully saturated rings. The minimum absolute atomic E-state index is 0.222. The van der Waals surface area contributed by atoms with E-state index in [1.165, 1.54) is 35.6 Å². The van der Waals surface area contributed by atoms with Gasteiger partial charge in [0.05, 0.1) is 12.0 Å². The SMILES string of the molecule is O=C(Cc1cccs1)Nc1ccc(Nc2cccc(C(F)(F)F)c2)nn1. The van der Waals surface area contributed by atoms with E-state index in [1.807, 2.05) is 17.5 Å². The number of anilines is 3. The molecule has 0 bridgehead atoms. The van der Waals surface area contributed by atoms with Crippen molar-refractivity contribution in [2.45, 2.75) is 12.6 Å². The Kier molecular flexibility index (Phi) is 5.17. The molecule has 2 aromatic heterocycles. The van der Waals surface area contributed by atoms with Crippen LogP contribution in [0.5, 0.6) is 0 Å². The van der Waals surface area contributed by atoms with Crippen molar-refractivity contribution in [3.63, 3.8) is 0 Å². The van der Waals surface area contributed by atoms with Crippen molar-refractivity contribution in [1.29, 1.82) is 0 Å². The van der Waals surface area contributed by atoms with Gasteiger partial charge in [-0.05, 0) is 41.8 Å². The van der Waals surface area contributed by atoms with E-state index in [2.05, 4.69) is 20.8 Å². The highest BCUT2D eigenvalue weighted by atomic mass is 32.1. The highest BCUT2D eigenvalue weighted by Crippen LogP contribution is 2.31. The van der Waals surface area contributed by atoms with Gasteiger partial charge >= 0.3 is 6.18 Å². The Labute approximate surface area is 150 Å². The zero-order valence-corrected chi connectivity index (χ0v) is 14.1. The van der Waals surface area contributed by atoms with E-state index in [9.17, 15) is 18.0 Å². The van der Waals surface area contributed by atoms with Crippen LogP contribution >= 0.6 is 11.3 Å². The summed E-state index contributed by atoms with van der Waals surface area (Å²) < 4.78 is 38.2. The lowest BCUT2D eigenvalue weighted by Crippen LogP contribution is -2.15. The average Bonchev–Trinajstić information content (AvgIpc) is 3.09. The number of nitrogens with zero attached hydrogens (tertiary/aromatic N) is 2. The summed E-state index contributed by atoms with van der Waals surface area (Å²) >= 11 is 1.48. The summed E-state index contributed by atoms with van der Waals surface area (Å²) in [7, 11) is 0. The summed E-state index contributed by atoms with van der Waals surface area (Å²) in [4.78, 5) is 12.8. The van der Waals surface area contributed by atoms with Gasteiger partial charge in [-0.1, -0.05) is 12.1 Å². The second kappa shape index (κ2) is 7.52. The predicted octanol–water partition coefficient (Wildman–Crippen LogP) is 4.48. The van der Waals surface area contributed by atoms with Crippen LogP contribution in [0.2, 0.25) is 0 Å². The molecule has 0 radical (unpaired) electrons. The molecule has 134 valence electrons. The molecule has 0 aliphatic carbocycles. The third kappa shape index (κ3) is 4.79. The van der Waals surface area contributed by atoms with Crippen LogP contribution < -0.4 is 10.6 Å². The predicted molar refractivity (Wildman–Crippen MR) is 93.4 cm³/mol. The van der Waals surface area contributed by atoms with E-state index in [1.54, 1.807) is 0 Å². The maximum atomic E-state index is 12.7. The summed E-state index contributed by atoms with van der Waals surface area (Å²) in [5.41, 5.74) is -0.517. The first-order valence-corrected chi connectivity index (χ1v) is 8.38. The van der Waals surface area contributed by atoms with Gasteiger partial charge in [0.15, 0.2) is 11.6 Å². The highest BCUT2D eigenvalue weighted by molar-refractivity contribution is 7.10. The van der Waals surface area contributed by atoms with Crippen LogP contribution in [0.15, 0.2) is 53.9 Å². The molecule has 5 nitrogen and oxygen atoms in total. The van der Waals surface area contributed by atoms with Crippen LogP contribution in [0.3, 0.4) is 0 Å². The topological polar surface area (TPSA) is 66.9 Å². The number of amides is 1. The quantitative estimate of drug-likeness (QED) is 0.687. The van der Waals surface area contributed by atoms with Gasteiger partial charge < -0.3 is 10.6 Å². The fourth-order valence-corrected chi connectivity index (χ4v) is 2.85. The van der Waals surface area contributed by atoms with Crippen molar-refractivity contribution >= 4 is 34.6 Å². The lowest BCUT2D eigenvalue weighted by molar-refractivity contribution is -0.137. The summed E-state index contributed by atoms with van der Waals surface area (Å²) in [6, 6.07) is 11.5. The van der Waals surface area contributed by atoms with Gasteiger partial charge in [-0.3, -0.25) is 4.79 Å². The standard InChI is InChI=1S/C17H13F3N4OS/c18-17(19,20)11-3-1-4-12(9-11)21-14-6-7-15(24-23-14)22-16(25)10-13-5-2-8-26-13/h1-9H,10H2,(H,21,23)(H,22,24,25). The van der Waals surface area contributed by atoms with Gasteiger partial charge in [-0.25, -0.2) is 0 Å². The average molecular weight is 378 g/mol. The van der Waals surface area contributed by atoms with Crippen molar-refractivity contribution in [3.05, 3.63) is 64.4 Å². The summed E-state index contributed by atoms with van der Waals surface area (Å²) in [6.45, 7) is 0. The summed E-state index contributed by atoms with van der Waals surface area (Å²) in [5.74, 6) is 0.307. The molecular formula is C17H13F3N4OS. The van der Waals surface area contributed by atoms with E-state index < -0.39 is 11.7 Å². The number of hydrogen-bond acceptors (Lipinski definition) is 5. The molecule has 0 atom stereocenters. The number of hydrogen-bond donors (Lipinski definition) is 2. The van der Waals surface area contributed by atoms with Crippen molar-refractivity contribution in [2.24, 2.45) is 0 Å². The maximum absolute atomic E-state index is 12.7. The third-order valence-electron chi connectivity index (χ3n) is 3.31. The Morgan fingerprint density at radius 1 is 1.04 bits per heavy atom. The summed E-state index contributed by atoms with van der Waals surface area (Å²) in [5, 5.41) is 15.0. The fraction of sp³-hybridized carbons (Fsp3) is 0.118. The van der Waals surface area contributed by atoms with Crippen LogP contribution in [-0.4, -0.2) is 16.1 Å². The van der Waals surface area contributed by atoms with Crippen LogP contribution in [0.25, 0.3) is 0 Å².